The van der Waals surface area contributed by atoms with Gasteiger partial charge in [0.2, 0.25) is 0 Å². The molecule has 1 aliphatic heterocycles. The molecule has 7 heteroatoms. The summed E-state index contributed by atoms with van der Waals surface area (Å²) in [6.45, 7) is 6.37. The minimum absolute atomic E-state index is 0.0365. The van der Waals surface area contributed by atoms with Crippen LogP contribution in [0.2, 0.25) is 0 Å². The Morgan fingerprint density at radius 3 is 2.38 bits per heavy atom. The van der Waals surface area contributed by atoms with Crippen molar-refractivity contribution in [3.05, 3.63) is 42.2 Å². The van der Waals surface area contributed by atoms with E-state index in [1.54, 1.807) is 32.3 Å². The molecule has 1 aromatic carbocycles. The fourth-order valence-corrected chi connectivity index (χ4v) is 3.61. The highest BCUT2D eigenvalue weighted by Crippen LogP contribution is 2.33. The number of carbonyl (C=O) groups excluding carboxylic acids is 1. The number of nitrogens with zero attached hydrogens (tertiary/aromatic N) is 4. The van der Waals surface area contributed by atoms with Gasteiger partial charge in [0.05, 0.1) is 35.9 Å². The predicted molar refractivity (Wildman–Crippen MR) is 118 cm³/mol. The Balaban J connectivity index is 1.82. The van der Waals surface area contributed by atoms with E-state index in [1.807, 2.05) is 24.4 Å². The lowest BCUT2D eigenvalue weighted by Gasteiger charge is -2.38. The standard InChI is InChI=1S/C22H31N5O2/c1-5-10-24-21-17(22(28)25(2)3)15-23-16-19(21)27-13-11-26(12-14-27)18-8-6-7-9-20(18)29-4/h6-9,15-16H,5,10-14H2,1-4H3,(H,23,24). The highest BCUT2D eigenvalue weighted by atomic mass is 16.5. The first-order valence-electron chi connectivity index (χ1n) is 10.1. The molecule has 1 saturated heterocycles. The molecule has 7 nitrogen and oxygen atoms in total. The molecule has 2 aromatic rings. The maximum Gasteiger partial charge on any atom is 0.257 e. The lowest BCUT2D eigenvalue weighted by Crippen LogP contribution is -2.47. The van der Waals surface area contributed by atoms with Gasteiger partial charge in [-0.05, 0) is 18.6 Å². The van der Waals surface area contributed by atoms with Gasteiger partial charge in [-0.15, -0.1) is 0 Å². The number of piperazine rings is 1. The van der Waals surface area contributed by atoms with E-state index in [0.29, 0.717) is 5.56 Å². The van der Waals surface area contributed by atoms with Crippen LogP contribution in [0.15, 0.2) is 36.7 Å². The molecular weight excluding hydrogens is 366 g/mol. The molecule has 1 fully saturated rings. The van der Waals surface area contributed by atoms with Crippen LogP contribution in [0.25, 0.3) is 0 Å². The monoisotopic (exact) mass is 397 g/mol. The number of rotatable bonds is 7. The summed E-state index contributed by atoms with van der Waals surface area (Å²) >= 11 is 0. The summed E-state index contributed by atoms with van der Waals surface area (Å²) in [4.78, 5) is 23.3. The van der Waals surface area contributed by atoms with Gasteiger partial charge in [0.15, 0.2) is 0 Å². The van der Waals surface area contributed by atoms with Gasteiger partial charge in [0.1, 0.15) is 5.75 Å². The van der Waals surface area contributed by atoms with Crippen LogP contribution >= 0.6 is 0 Å². The largest absolute Gasteiger partial charge is 0.495 e. The molecule has 0 atom stereocenters. The first-order chi connectivity index (χ1) is 14.1. The number of benzene rings is 1. The average molecular weight is 398 g/mol. The Kier molecular flexibility index (Phi) is 6.80. The number of anilines is 3. The maximum absolute atomic E-state index is 12.7. The second kappa shape index (κ2) is 9.49. The molecular formula is C22H31N5O2. The number of carbonyl (C=O) groups is 1. The van der Waals surface area contributed by atoms with Crippen molar-refractivity contribution in [3.63, 3.8) is 0 Å². The third-order valence-corrected chi connectivity index (χ3v) is 5.16. The number of ether oxygens (including phenoxy) is 1. The predicted octanol–water partition coefficient (Wildman–Crippen LogP) is 2.94. The van der Waals surface area contributed by atoms with E-state index in [-0.39, 0.29) is 5.91 Å². The minimum atomic E-state index is -0.0365. The molecule has 2 heterocycles. The van der Waals surface area contributed by atoms with Crippen LogP contribution in [-0.4, -0.2) is 69.7 Å². The number of para-hydroxylation sites is 2. The SMILES string of the molecule is CCCNc1c(C(=O)N(C)C)cncc1N1CCN(c2ccccc2OC)CC1. The third-order valence-electron chi connectivity index (χ3n) is 5.16. The molecule has 1 aromatic heterocycles. The Morgan fingerprint density at radius 2 is 1.76 bits per heavy atom. The molecule has 0 radical (unpaired) electrons. The lowest BCUT2D eigenvalue weighted by atomic mass is 10.1. The Hall–Kier alpha value is -2.96. The smallest absolute Gasteiger partial charge is 0.257 e. The van der Waals surface area contributed by atoms with E-state index >= 15 is 0 Å². The van der Waals surface area contributed by atoms with Gasteiger partial charge in [-0.2, -0.15) is 0 Å². The first kappa shape index (κ1) is 20.8. The molecule has 1 amide bonds. The van der Waals surface area contributed by atoms with E-state index in [2.05, 4.69) is 33.1 Å². The zero-order valence-electron chi connectivity index (χ0n) is 17.8. The van der Waals surface area contributed by atoms with Gasteiger partial charge in [-0.3, -0.25) is 9.78 Å². The van der Waals surface area contributed by atoms with Gasteiger partial charge >= 0.3 is 0 Å². The number of hydrogen-bond donors (Lipinski definition) is 1. The van der Waals surface area contributed by atoms with E-state index in [1.165, 1.54) is 0 Å². The fraction of sp³-hybridized carbons (Fsp3) is 0.455. The van der Waals surface area contributed by atoms with Crippen LogP contribution in [0.5, 0.6) is 5.75 Å². The molecule has 0 spiro atoms. The number of aromatic nitrogens is 1. The van der Waals surface area contributed by atoms with Crippen molar-refractivity contribution in [2.75, 3.05) is 69.0 Å². The highest BCUT2D eigenvalue weighted by molar-refractivity contribution is 6.02. The van der Waals surface area contributed by atoms with Gasteiger partial charge in [-0.1, -0.05) is 19.1 Å². The van der Waals surface area contributed by atoms with Crippen molar-refractivity contribution in [1.82, 2.24) is 9.88 Å². The molecule has 29 heavy (non-hydrogen) atoms. The Morgan fingerprint density at radius 1 is 1.10 bits per heavy atom. The molecule has 3 rings (SSSR count). The fourth-order valence-electron chi connectivity index (χ4n) is 3.61. The van der Waals surface area contributed by atoms with Crippen molar-refractivity contribution in [1.29, 1.82) is 0 Å². The van der Waals surface area contributed by atoms with E-state index in [4.69, 9.17) is 4.74 Å². The lowest BCUT2D eigenvalue weighted by molar-refractivity contribution is 0.0828. The molecule has 0 saturated carbocycles. The summed E-state index contributed by atoms with van der Waals surface area (Å²) in [6.07, 6.45) is 4.51. The van der Waals surface area contributed by atoms with Crippen LogP contribution in [0.3, 0.4) is 0 Å². The normalized spacial score (nSPS) is 13.9. The van der Waals surface area contributed by atoms with E-state index in [9.17, 15) is 4.79 Å². The summed E-state index contributed by atoms with van der Waals surface area (Å²) in [5.74, 6) is 0.858. The van der Waals surface area contributed by atoms with E-state index in [0.717, 1.165) is 62.0 Å². The van der Waals surface area contributed by atoms with Crippen LogP contribution < -0.4 is 19.9 Å². The number of methoxy groups -OCH3 is 1. The molecule has 0 aliphatic carbocycles. The minimum Gasteiger partial charge on any atom is -0.495 e. The van der Waals surface area contributed by atoms with Gasteiger partial charge in [-0.25, -0.2) is 0 Å². The summed E-state index contributed by atoms with van der Waals surface area (Å²) in [5, 5.41) is 3.46. The van der Waals surface area contributed by atoms with Crippen LogP contribution in [0.4, 0.5) is 17.1 Å². The molecule has 156 valence electrons. The van der Waals surface area contributed by atoms with E-state index < -0.39 is 0 Å². The summed E-state index contributed by atoms with van der Waals surface area (Å²) in [7, 11) is 5.24. The number of nitrogens with one attached hydrogen (secondary N) is 1. The van der Waals surface area contributed by atoms with Gasteiger partial charge < -0.3 is 24.8 Å². The summed E-state index contributed by atoms with van der Waals surface area (Å²) < 4.78 is 5.52. The maximum atomic E-state index is 12.7. The van der Waals surface area contributed by atoms with Crippen molar-refractivity contribution in [3.8, 4) is 5.75 Å². The quantitative estimate of drug-likeness (QED) is 0.775. The van der Waals surface area contributed by atoms with Crippen LogP contribution in [0, 0.1) is 0 Å². The Labute approximate surface area is 173 Å². The Bertz CT molecular complexity index is 832. The molecule has 1 aliphatic rings. The van der Waals surface area contributed by atoms with Crippen LogP contribution in [0.1, 0.15) is 23.7 Å². The topological polar surface area (TPSA) is 60.9 Å². The van der Waals surface area contributed by atoms with Crippen molar-refractivity contribution in [2.45, 2.75) is 13.3 Å². The summed E-state index contributed by atoms with van der Waals surface area (Å²) in [6, 6.07) is 8.12. The molecule has 1 N–H and O–H groups in total. The molecule has 0 unspecified atom stereocenters. The molecule has 0 bridgehead atoms. The van der Waals surface area contributed by atoms with Gasteiger partial charge in [0.25, 0.3) is 5.91 Å². The first-order valence-corrected chi connectivity index (χ1v) is 10.1. The third kappa shape index (κ3) is 4.55. The van der Waals surface area contributed by atoms with Gasteiger partial charge in [0, 0.05) is 53.0 Å². The number of hydrogen-bond acceptors (Lipinski definition) is 6. The highest BCUT2D eigenvalue weighted by Gasteiger charge is 2.24. The van der Waals surface area contributed by atoms with Crippen molar-refractivity contribution >= 4 is 23.0 Å². The van der Waals surface area contributed by atoms with Crippen LogP contribution in [-0.2, 0) is 0 Å². The number of amides is 1. The zero-order chi connectivity index (χ0) is 20.8. The van der Waals surface area contributed by atoms with Crippen molar-refractivity contribution < 1.29 is 9.53 Å². The summed E-state index contributed by atoms with van der Waals surface area (Å²) in [5.41, 5.74) is 3.61. The zero-order valence-corrected chi connectivity index (χ0v) is 17.8. The number of pyridine rings is 1. The van der Waals surface area contributed by atoms with Crippen molar-refractivity contribution in [2.24, 2.45) is 0 Å². The average Bonchev–Trinajstić information content (AvgIpc) is 2.77. The second-order valence-corrected chi connectivity index (χ2v) is 7.35. The second-order valence-electron chi connectivity index (χ2n) is 7.35.